The number of esters is 1. The maximum Gasteiger partial charge on any atom is 0.302 e. The van der Waals surface area contributed by atoms with Gasteiger partial charge in [0.25, 0.3) is 0 Å². The molecule has 0 aromatic rings. The first-order valence-corrected chi connectivity index (χ1v) is 8.67. The van der Waals surface area contributed by atoms with Crippen molar-refractivity contribution < 1.29 is 38.0 Å². The fourth-order valence-corrected chi connectivity index (χ4v) is 3.01. The summed E-state index contributed by atoms with van der Waals surface area (Å²) in [6.07, 6.45) is 0.229. The summed E-state index contributed by atoms with van der Waals surface area (Å²) in [6, 6.07) is 0. The van der Waals surface area contributed by atoms with Gasteiger partial charge in [0.1, 0.15) is 18.8 Å². The molecule has 1 heterocycles. The zero-order chi connectivity index (χ0) is 19.5. The van der Waals surface area contributed by atoms with Crippen molar-refractivity contribution in [3.63, 3.8) is 0 Å². The number of hydrogen-bond donors (Lipinski definition) is 0. The fraction of sp³-hybridized carbons (Fsp3) is 0.778. The molecular weight excluding hydrogens is 344 g/mol. The molecule has 1 aliphatic carbocycles. The maximum atomic E-state index is 12.9. The van der Waals surface area contributed by atoms with Gasteiger partial charge < -0.3 is 28.4 Å². The average molecular weight is 372 g/mol. The lowest BCUT2D eigenvalue weighted by atomic mass is 9.88. The van der Waals surface area contributed by atoms with Crippen molar-refractivity contribution in [2.24, 2.45) is 0 Å². The molecule has 0 N–H and O–H groups in total. The van der Waals surface area contributed by atoms with E-state index in [0.29, 0.717) is 12.2 Å². The number of methoxy groups -OCH3 is 2. The van der Waals surface area contributed by atoms with E-state index in [9.17, 15) is 9.59 Å². The molecule has 0 aromatic carbocycles. The molecule has 1 fully saturated rings. The van der Waals surface area contributed by atoms with Gasteiger partial charge in [-0.1, -0.05) is 6.92 Å². The summed E-state index contributed by atoms with van der Waals surface area (Å²) in [4.78, 5) is 24.0. The number of ether oxygens (including phenoxy) is 6. The molecule has 1 aliphatic heterocycles. The fourth-order valence-electron chi connectivity index (χ4n) is 3.01. The maximum absolute atomic E-state index is 12.9. The molecule has 8 nitrogen and oxygen atoms in total. The Morgan fingerprint density at radius 3 is 2.35 bits per heavy atom. The summed E-state index contributed by atoms with van der Waals surface area (Å²) in [5, 5.41) is 0. The molecule has 0 bridgehead atoms. The van der Waals surface area contributed by atoms with Crippen LogP contribution in [-0.2, 0) is 38.0 Å². The number of carbonyl (C=O) groups excluding carboxylic acids is 2. The van der Waals surface area contributed by atoms with Crippen LogP contribution in [0.4, 0.5) is 0 Å². The predicted molar refractivity (Wildman–Crippen MR) is 90.3 cm³/mol. The highest BCUT2D eigenvalue weighted by Crippen LogP contribution is 2.42. The van der Waals surface area contributed by atoms with Gasteiger partial charge in [-0.3, -0.25) is 9.59 Å². The van der Waals surface area contributed by atoms with Gasteiger partial charge in [0.05, 0.1) is 0 Å². The van der Waals surface area contributed by atoms with E-state index >= 15 is 0 Å². The molecule has 0 radical (unpaired) electrons. The van der Waals surface area contributed by atoms with E-state index in [2.05, 4.69) is 0 Å². The Morgan fingerprint density at radius 1 is 1.19 bits per heavy atom. The topological polar surface area (TPSA) is 89.5 Å². The molecule has 0 saturated carbocycles. The Labute approximate surface area is 153 Å². The quantitative estimate of drug-likeness (QED) is 0.619. The van der Waals surface area contributed by atoms with Crippen LogP contribution in [0, 0.1) is 0 Å². The van der Waals surface area contributed by atoms with E-state index in [4.69, 9.17) is 28.4 Å². The molecule has 148 valence electrons. The number of rotatable bonds is 7. The predicted octanol–water partition coefficient (Wildman–Crippen LogP) is 1.36. The third-order valence-electron chi connectivity index (χ3n) is 4.82. The number of carbonyl (C=O) groups is 2. The van der Waals surface area contributed by atoms with E-state index in [1.54, 1.807) is 19.9 Å². The summed E-state index contributed by atoms with van der Waals surface area (Å²) in [5.74, 6) is -3.34. The molecule has 0 unspecified atom stereocenters. The van der Waals surface area contributed by atoms with Gasteiger partial charge in [-0.25, -0.2) is 0 Å². The van der Waals surface area contributed by atoms with Crippen molar-refractivity contribution in [1.29, 1.82) is 0 Å². The zero-order valence-corrected chi connectivity index (χ0v) is 16.2. The second-order valence-corrected chi connectivity index (χ2v) is 6.59. The van der Waals surface area contributed by atoms with Crippen LogP contribution in [0.1, 0.15) is 34.1 Å². The highest BCUT2D eigenvalue weighted by atomic mass is 16.8. The summed E-state index contributed by atoms with van der Waals surface area (Å²) in [7, 11) is 2.93. The smallest absolute Gasteiger partial charge is 0.302 e. The van der Waals surface area contributed by atoms with Crippen LogP contribution in [-0.4, -0.2) is 69.1 Å². The highest BCUT2D eigenvalue weighted by molar-refractivity contribution is 6.01. The largest absolute Gasteiger partial charge is 0.461 e. The van der Waals surface area contributed by atoms with Crippen molar-refractivity contribution in [3.05, 3.63) is 11.6 Å². The molecule has 26 heavy (non-hydrogen) atoms. The van der Waals surface area contributed by atoms with Gasteiger partial charge >= 0.3 is 5.97 Å². The van der Waals surface area contributed by atoms with Crippen LogP contribution < -0.4 is 0 Å². The van der Waals surface area contributed by atoms with Crippen LogP contribution in [0.2, 0.25) is 0 Å². The van der Waals surface area contributed by atoms with E-state index in [-0.39, 0.29) is 12.4 Å². The van der Waals surface area contributed by atoms with Gasteiger partial charge in [-0.15, -0.1) is 0 Å². The number of Topliss-reactive ketones (excluding diaryl/α,β-unsaturated/α-hetero) is 1. The Balaban J connectivity index is 2.36. The van der Waals surface area contributed by atoms with Crippen LogP contribution in [0.5, 0.6) is 0 Å². The molecule has 2 aliphatic rings. The van der Waals surface area contributed by atoms with Crippen LogP contribution >= 0.6 is 0 Å². The number of fused-ring (bicyclic) bond motifs is 1. The summed E-state index contributed by atoms with van der Waals surface area (Å²) in [6.45, 7) is 6.94. The van der Waals surface area contributed by atoms with E-state index < -0.39 is 35.9 Å². The van der Waals surface area contributed by atoms with Crippen molar-refractivity contribution in [2.45, 2.75) is 64.0 Å². The van der Waals surface area contributed by atoms with Gasteiger partial charge in [-0.2, -0.15) is 0 Å². The van der Waals surface area contributed by atoms with Crippen LogP contribution in [0.25, 0.3) is 0 Å². The molecule has 0 amide bonds. The lowest BCUT2D eigenvalue weighted by Crippen LogP contribution is -2.69. The average Bonchev–Trinajstić information content (AvgIpc) is 2.61. The number of hydrogen-bond acceptors (Lipinski definition) is 8. The summed E-state index contributed by atoms with van der Waals surface area (Å²) < 4.78 is 33.9. The van der Waals surface area contributed by atoms with Crippen molar-refractivity contribution in [2.75, 3.05) is 27.4 Å². The van der Waals surface area contributed by atoms with Gasteiger partial charge in [0.2, 0.25) is 11.6 Å². The molecule has 8 heteroatoms. The first-order valence-electron chi connectivity index (χ1n) is 8.67. The lowest BCUT2D eigenvalue weighted by molar-refractivity contribution is -0.447. The van der Waals surface area contributed by atoms with Gasteiger partial charge in [0, 0.05) is 33.3 Å². The second-order valence-electron chi connectivity index (χ2n) is 6.59. The molecular formula is C18H28O8. The molecule has 2 rings (SSSR count). The van der Waals surface area contributed by atoms with Crippen LogP contribution in [0.3, 0.4) is 0 Å². The molecule has 5 atom stereocenters. The molecule has 0 spiro atoms. The standard InChI is InChI=1S/C18H28O8/c1-7-8-23-13-9-12(10-24-11(2)19)14(20)16-15(13)25-17(3,21-5)18(4,22-6)26-16/h9,13,15-16H,7-8,10H2,1-6H3/t13-,15-,16-,17+,18+/m0/s1. The normalized spacial score (nSPS) is 37.1. The highest BCUT2D eigenvalue weighted by Gasteiger charge is 2.60. The summed E-state index contributed by atoms with van der Waals surface area (Å²) >= 11 is 0. The lowest BCUT2D eigenvalue weighted by Gasteiger charge is -2.53. The minimum absolute atomic E-state index is 0.141. The number of ketones is 1. The molecule has 1 saturated heterocycles. The Hall–Kier alpha value is -1.32. The van der Waals surface area contributed by atoms with Gasteiger partial charge in [-0.05, 0) is 26.3 Å². The summed E-state index contributed by atoms with van der Waals surface area (Å²) in [5.41, 5.74) is 0.311. The first-order chi connectivity index (χ1) is 12.2. The zero-order valence-electron chi connectivity index (χ0n) is 16.2. The third kappa shape index (κ3) is 3.84. The van der Waals surface area contributed by atoms with Crippen molar-refractivity contribution in [1.82, 2.24) is 0 Å². The third-order valence-corrected chi connectivity index (χ3v) is 4.82. The van der Waals surface area contributed by atoms with E-state index in [1.807, 2.05) is 6.92 Å². The second kappa shape index (κ2) is 8.14. The monoisotopic (exact) mass is 372 g/mol. The van der Waals surface area contributed by atoms with Gasteiger partial charge in [0.15, 0.2) is 11.9 Å². The minimum Gasteiger partial charge on any atom is -0.461 e. The minimum atomic E-state index is -1.31. The Morgan fingerprint density at radius 2 is 1.81 bits per heavy atom. The Kier molecular flexibility index (Phi) is 6.57. The first kappa shape index (κ1) is 21.0. The van der Waals surface area contributed by atoms with E-state index in [1.165, 1.54) is 21.1 Å². The van der Waals surface area contributed by atoms with Crippen LogP contribution in [0.15, 0.2) is 11.6 Å². The van der Waals surface area contributed by atoms with Crippen molar-refractivity contribution in [3.8, 4) is 0 Å². The van der Waals surface area contributed by atoms with Crippen molar-refractivity contribution >= 4 is 11.8 Å². The molecule has 0 aromatic heterocycles. The Bertz CT molecular complexity index is 574. The SMILES string of the molecule is CCCO[C@H]1C=C(COC(C)=O)C(=O)[C@@H]2O[C@@](C)(OC)[C@](C)(OC)O[C@@H]12. The van der Waals surface area contributed by atoms with E-state index in [0.717, 1.165) is 6.42 Å².